The SMILES string of the molecule is Clc1ccc(-c2ncc3c(n2)CCN(Cc2cc(Cl)cnc2Cl)C3)cc1. The van der Waals surface area contributed by atoms with Crippen molar-refractivity contribution in [1.82, 2.24) is 19.9 Å². The molecule has 0 fully saturated rings. The maximum Gasteiger partial charge on any atom is 0.159 e. The van der Waals surface area contributed by atoms with E-state index < -0.39 is 0 Å². The monoisotopic (exact) mass is 404 g/mol. The molecule has 1 aliphatic rings. The molecule has 0 atom stereocenters. The minimum Gasteiger partial charge on any atom is -0.294 e. The van der Waals surface area contributed by atoms with Crippen LogP contribution < -0.4 is 0 Å². The molecule has 1 aromatic carbocycles. The zero-order valence-corrected chi connectivity index (χ0v) is 16.1. The second-order valence-corrected chi connectivity index (χ2v) is 7.47. The van der Waals surface area contributed by atoms with Gasteiger partial charge < -0.3 is 0 Å². The lowest BCUT2D eigenvalue weighted by atomic mass is 10.1. The summed E-state index contributed by atoms with van der Waals surface area (Å²) in [6.07, 6.45) is 4.34. The fourth-order valence-electron chi connectivity index (χ4n) is 3.06. The zero-order chi connectivity index (χ0) is 18.1. The maximum atomic E-state index is 6.18. The van der Waals surface area contributed by atoms with Crippen molar-refractivity contribution in [2.24, 2.45) is 0 Å². The Morgan fingerprint density at radius 2 is 1.77 bits per heavy atom. The number of hydrogen-bond acceptors (Lipinski definition) is 4. The summed E-state index contributed by atoms with van der Waals surface area (Å²) in [5, 5.41) is 1.80. The highest BCUT2D eigenvalue weighted by Gasteiger charge is 2.20. The van der Waals surface area contributed by atoms with Crippen LogP contribution in [0, 0.1) is 0 Å². The fourth-order valence-corrected chi connectivity index (χ4v) is 3.53. The smallest absolute Gasteiger partial charge is 0.159 e. The first-order valence-electron chi connectivity index (χ1n) is 8.21. The predicted octanol–water partition coefficient (Wildman–Crippen LogP) is 5.06. The van der Waals surface area contributed by atoms with Gasteiger partial charge >= 0.3 is 0 Å². The molecule has 0 spiro atoms. The summed E-state index contributed by atoms with van der Waals surface area (Å²) in [5.74, 6) is 0.732. The molecular formula is C19H15Cl3N4. The third-order valence-corrected chi connectivity index (χ3v) is 5.19. The third-order valence-electron chi connectivity index (χ3n) is 4.39. The number of rotatable bonds is 3. The lowest BCUT2D eigenvalue weighted by Crippen LogP contribution is -2.31. The Labute approximate surface area is 166 Å². The van der Waals surface area contributed by atoms with Crippen LogP contribution in [-0.4, -0.2) is 26.4 Å². The molecule has 3 aromatic rings. The van der Waals surface area contributed by atoms with E-state index in [1.54, 1.807) is 6.20 Å². The Morgan fingerprint density at radius 3 is 2.58 bits per heavy atom. The highest BCUT2D eigenvalue weighted by Crippen LogP contribution is 2.25. The van der Waals surface area contributed by atoms with E-state index in [-0.39, 0.29) is 0 Å². The summed E-state index contributed by atoms with van der Waals surface area (Å²) in [6, 6.07) is 9.45. The van der Waals surface area contributed by atoms with Crippen LogP contribution in [0.15, 0.2) is 42.7 Å². The van der Waals surface area contributed by atoms with Gasteiger partial charge in [-0.05, 0) is 30.3 Å². The molecule has 1 aliphatic heterocycles. The second kappa shape index (κ2) is 7.49. The first-order valence-corrected chi connectivity index (χ1v) is 9.35. The van der Waals surface area contributed by atoms with Crippen LogP contribution in [0.5, 0.6) is 0 Å². The van der Waals surface area contributed by atoms with Gasteiger partial charge in [-0.15, -0.1) is 0 Å². The minimum atomic E-state index is 0.495. The predicted molar refractivity (Wildman–Crippen MR) is 105 cm³/mol. The van der Waals surface area contributed by atoms with E-state index in [1.165, 1.54) is 0 Å². The van der Waals surface area contributed by atoms with Gasteiger partial charge in [0.05, 0.1) is 10.7 Å². The minimum absolute atomic E-state index is 0.495. The van der Waals surface area contributed by atoms with Gasteiger partial charge in [-0.2, -0.15) is 0 Å². The molecule has 26 heavy (non-hydrogen) atoms. The van der Waals surface area contributed by atoms with Crippen LogP contribution in [0.25, 0.3) is 11.4 Å². The first kappa shape index (κ1) is 17.7. The van der Waals surface area contributed by atoms with Crippen molar-refractivity contribution in [3.63, 3.8) is 0 Å². The van der Waals surface area contributed by atoms with Crippen molar-refractivity contribution >= 4 is 34.8 Å². The number of hydrogen-bond donors (Lipinski definition) is 0. The van der Waals surface area contributed by atoms with Gasteiger partial charge in [-0.1, -0.05) is 34.8 Å². The Hall–Kier alpha value is -1.72. The van der Waals surface area contributed by atoms with E-state index in [0.29, 0.717) is 21.7 Å². The molecule has 0 N–H and O–H groups in total. The first-order chi connectivity index (χ1) is 12.6. The van der Waals surface area contributed by atoms with E-state index in [9.17, 15) is 0 Å². The molecule has 0 saturated heterocycles. The Morgan fingerprint density at radius 1 is 0.962 bits per heavy atom. The van der Waals surface area contributed by atoms with Crippen LogP contribution >= 0.6 is 34.8 Å². The van der Waals surface area contributed by atoms with E-state index in [0.717, 1.165) is 47.7 Å². The summed E-state index contributed by atoms with van der Waals surface area (Å²) >= 11 is 18.2. The van der Waals surface area contributed by atoms with Gasteiger partial charge in [0.2, 0.25) is 0 Å². The summed E-state index contributed by atoms with van der Waals surface area (Å²) < 4.78 is 0. The van der Waals surface area contributed by atoms with Gasteiger partial charge in [0.25, 0.3) is 0 Å². The Kier molecular flexibility index (Phi) is 5.09. The number of nitrogens with zero attached hydrogens (tertiary/aromatic N) is 4. The second-order valence-electron chi connectivity index (χ2n) is 6.24. The van der Waals surface area contributed by atoms with Gasteiger partial charge in [0.15, 0.2) is 5.82 Å². The van der Waals surface area contributed by atoms with E-state index >= 15 is 0 Å². The van der Waals surface area contributed by atoms with E-state index in [1.807, 2.05) is 36.5 Å². The number of fused-ring (bicyclic) bond motifs is 1. The quantitative estimate of drug-likeness (QED) is 0.571. The van der Waals surface area contributed by atoms with Crippen molar-refractivity contribution in [3.8, 4) is 11.4 Å². The molecule has 132 valence electrons. The summed E-state index contributed by atoms with van der Waals surface area (Å²) in [4.78, 5) is 15.7. The third kappa shape index (κ3) is 3.84. The molecule has 0 bridgehead atoms. The van der Waals surface area contributed by atoms with Gasteiger partial charge in [-0.3, -0.25) is 4.90 Å². The average Bonchev–Trinajstić information content (AvgIpc) is 2.65. The van der Waals surface area contributed by atoms with Crippen molar-refractivity contribution in [2.75, 3.05) is 6.54 Å². The lowest BCUT2D eigenvalue weighted by molar-refractivity contribution is 0.243. The highest BCUT2D eigenvalue weighted by molar-refractivity contribution is 6.32. The van der Waals surface area contributed by atoms with Crippen LogP contribution in [0.4, 0.5) is 0 Å². The molecule has 0 saturated carbocycles. The van der Waals surface area contributed by atoms with Crippen LogP contribution in [-0.2, 0) is 19.5 Å². The summed E-state index contributed by atoms with van der Waals surface area (Å²) in [6.45, 7) is 2.37. The van der Waals surface area contributed by atoms with Crippen molar-refractivity contribution in [1.29, 1.82) is 0 Å². The molecule has 0 radical (unpaired) electrons. The molecule has 3 heterocycles. The van der Waals surface area contributed by atoms with Gasteiger partial charge in [-0.25, -0.2) is 15.0 Å². The van der Waals surface area contributed by atoms with Crippen LogP contribution in [0.2, 0.25) is 15.2 Å². The van der Waals surface area contributed by atoms with E-state index in [2.05, 4.69) is 14.9 Å². The molecule has 0 aliphatic carbocycles. The van der Waals surface area contributed by atoms with Crippen molar-refractivity contribution in [3.05, 3.63) is 74.7 Å². The topological polar surface area (TPSA) is 41.9 Å². The highest BCUT2D eigenvalue weighted by atomic mass is 35.5. The van der Waals surface area contributed by atoms with Crippen LogP contribution in [0.3, 0.4) is 0 Å². The average molecular weight is 406 g/mol. The molecule has 4 nitrogen and oxygen atoms in total. The number of aromatic nitrogens is 3. The summed E-state index contributed by atoms with van der Waals surface area (Å²) in [7, 11) is 0. The normalized spacial score (nSPS) is 14.3. The Bertz CT molecular complexity index is 944. The number of pyridine rings is 1. The van der Waals surface area contributed by atoms with Crippen molar-refractivity contribution < 1.29 is 0 Å². The molecular weight excluding hydrogens is 391 g/mol. The summed E-state index contributed by atoms with van der Waals surface area (Å²) in [5.41, 5.74) is 4.13. The van der Waals surface area contributed by atoms with Gasteiger partial charge in [0.1, 0.15) is 5.15 Å². The number of benzene rings is 1. The standard InChI is InChI=1S/C19H15Cl3N4/c20-15-3-1-12(2-4-15)19-24-8-14-11-26(6-5-17(14)25-19)10-13-7-16(21)9-23-18(13)22/h1-4,7-9H,5-6,10-11H2. The molecule has 2 aromatic heterocycles. The zero-order valence-electron chi connectivity index (χ0n) is 13.8. The van der Waals surface area contributed by atoms with E-state index in [4.69, 9.17) is 39.8 Å². The van der Waals surface area contributed by atoms with Gasteiger partial charge in [0, 0.05) is 60.2 Å². The van der Waals surface area contributed by atoms with Crippen LogP contribution in [0.1, 0.15) is 16.8 Å². The maximum absolute atomic E-state index is 6.18. The Balaban J connectivity index is 1.52. The molecule has 4 rings (SSSR count). The molecule has 0 unspecified atom stereocenters. The molecule has 0 amide bonds. The fraction of sp³-hybridized carbons (Fsp3) is 0.211. The number of halogens is 3. The molecule has 7 heteroatoms. The largest absolute Gasteiger partial charge is 0.294 e. The van der Waals surface area contributed by atoms with Crippen molar-refractivity contribution in [2.45, 2.75) is 19.5 Å². The lowest BCUT2D eigenvalue weighted by Gasteiger charge is -2.28.